The molecule has 0 fully saturated rings. The molecule has 0 aromatic heterocycles. The SMILES string of the molecule is Cc1ccc(C)c(C(CCO)N=[N+]=[N-])c1. The summed E-state index contributed by atoms with van der Waals surface area (Å²) in [5.41, 5.74) is 11.7. The van der Waals surface area contributed by atoms with Crippen molar-refractivity contribution < 1.29 is 5.11 Å². The molecule has 1 aromatic carbocycles. The molecule has 0 aliphatic heterocycles. The van der Waals surface area contributed by atoms with Gasteiger partial charge in [0, 0.05) is 11.5 Å². The Bertz CT molecular complexity index is 383. The Balaban J connectivity index is 3.08. The Morgan fingerprint density at radius 1 is 1.47 bits per heavy atom. The number of nitrogens with zero attached hydrogens (tertiary/aromatic N) is 3. The molecule has 4 heteroatoms. The van der Waals surface area contributed by atoms with E-state index in [0.717, 1.165) is 16.7 Å². The van der Waals surface area contributed by atoms with Crippen molar-refractivity contribution in [2.45, 2.75) is 26.3 Å². The topological polar surface area (TPSA) is 69.0 Å². The van der Waals surface area contributed by atoms with Gasteiger partial charge in [0.25, 0.3) is 0 Å². The smallest absolute Gasteiger partial charge is 0.0649 e. The van der Waals surface area contributed by atoms with Gasteiger partial charge in [0.05, 0.1) is 6.04 Å². The van der Waals surface area contributed by atoms with Crippen LogP contribution >= 0.6 is 0 Å². The summed E-state index contributed by atoms with van der Waals surface area (Å²) in [5.74, 6) is 0. The normalized spacial score (nSPS) is 11.9. The number of hydrogen-bond acceptors (Lipinski definition) is 2. The first kappa shape index (κ1) is 11.6. The summed E-state index contributed by atoms with van der Waals surface area (Å²) < 4.78 is 0. The molecule has 0 heterocycles. The Morgan fingerprint density at radius 3 is 2.80 bits per heavy atom. The van der Waals surface area contributed by atoms with Crippen LogP contribution in [0, 0.1) is 13.8 Å². The number of hydrogen-bond donors (Lipinski definition) is 1. The van der Waals surface area contributed by atoms with Crippen molar-refractivity contribution in [3.8, 4) is 0 Å². The van der Waals surface area contributed by atoms with Crippen molar-refractivity contribution in [1.29, 1.82) is 0 Å². The van der Waals surface area contributed by atoms with Gasteiger partial charge in [-0.25, -0.2) is 0 Å². The maximum atomic E-state index is 8.90. The Morgan fingerprint density at radius 2 is 2.20 bits per heavy atom. The fraction of sp³-hybridized carbons (Fsp3) is 0.455. The third kappa shape index (κ3) is 2.98. The minimum absolute atomic E-state index is 0.0249. The highest BCUT2D eigenvalue weighted by atomic mass is 16.3. The van der Waals surface area contributed by atoms with E-state index in [1.807, 2.05) is 32.0 Å². The summed E-state index contributed by atoms with van der Waals surface area (Å²) in [4.78, 5) is 2.82. The molecule has 15 heavy (non-hydrogen) atoms. The number of aliphatic hydroxyl groups excluding tert-OH is 1. The Hall–Kier alpha value is -1.51. The van der Waals surface area contributed by atoms with Gasteiger partial charge in [0.1, 0.15) is 0 Å². The summed E-state index contributed by atoms with van der Waals surface area (Å²) in [5, 5.41) is 12.6. The van der Waals surface area contributed by atoms with Crippen LogP contribution in [0.3, 0.4) is 0 Å². The molecule has 0 saturated heterocycles. The van der Waals surface area contributed by atoms with Crippen LogP contribution in [-0.2, 0) is 0 Å². The van der Waals surface area contributed by atoms with Gasteiger partial charge in [0.2, 0.25) is 0 Å². The van der Waals surface area contributed by atoms with E-state index in [0.29, 0.717) is 6.42 Å². The van der Waals surface area contributed by atoms with Gasteiger partial charge < -0.3 is 5.11 Å². The minimum atomic E-state index is -0.264. The van der Waals surface area contributed by atoms with Crippen LogP contribution in [0.1, 0.15) is 29.2 Å². The summed E-state index contributed by atoms with van der Waals surface area (Å²) in [6, 6.07) is 5.76. The standard InChI is InChI=1S/C11H15N3O/c1-8-3-4-9(2)10(7-8)11(5-6-15)13-14-12/h3-4,7,11,15H,5-6H2,1-2H3. The predicted molar refractivity (Wildman–Crippen MR) is 59.5 cm³/mol. The molecule has 0 bridgehead atoms. The van der Waals surface area contributed by atoms with Gasteiger partial charge in [-0.15, -0.1) is 0 Å². The van der Waals surface area contributed by atoms with E-state index in [4.69, 9.17) is 10.6 Å². The van der Waals surface area contributed by atoms with E-state index in [1.165, 1.54) is 0 Å². The zero-order valence-corrected chi connectivity index (χ0v) is 9.01. The maximum Gasteiger partial charge on any atom is 0.0649 e. The summed E-state index contributed by atoms with van der Waals surface area (Å²) in [6.45, 7) is 4.00. The first-order valence-electron chi connectivity index (χ1n) is 4.91. The fourth-order valence-electron chi connectivity index (χ4n) is 1.58. The molecule has 0 radical (unpaired) electrons. The maximum absolute atomic E-state index is 8.90. The van der Waals surface area contributed by atoms with Gasteiger partial charge in [-0.3, -0.25) is 0 Å². The van der Waals surface area contributed by atoms with Gasteiger partial charge in [-0.1, -0.05) is 28.9 Å². The van der Waals surface area contributed by atoms with Crippen LogP contribution in [0.25, 0.3) is 10.4 Å². The van der Waals surface area contributed by atoms with Crippen molar-refractivity contribution in [3.05, 3.63) is 45.3 Å². The quantitative estimate of drug-likeness (QED) is 0.458. The molecule has 80 valence electrons. The van der Waals surface area contributed by atoms with Crippen molar-refractivity contribution in [3.63, 3.8) is 0 Å². The molecular formula is C11H15N3O. The number of azide groups is 1. The third-order valence-electron chi connectivity index (χ3n) is 2.39. The van der Waals surface area contributed by atoms with Crippen molar-refractivity contribution >= 4 is 0 Å². The van der Waals surface area contributed by atoms with E-state index >= 15 is 0 Å². The van der Waals surface area contributed by atoms with E-state index in [2.05, 4.69) is 10.0 Å². The molecule has 1 rings (SSSR count). The molecular weight excluding hydrogens is 190 g/mol. The van der Waals surface area contributed by atoms with Crippen LogP contribution in [-0.4, -0.2) is 11.7 Å². The van der Waals surface area contributed by atoms with E-state index < -0.39 is 0 Å². The lowest BCUT2D eigenvalue weighted by atomic mass is 9.98. The molecule has 1 unspecified atom stereocenters. The molecule has 1 N–H and O–H groups in total. The lowest BCUT2D eigenvalue weighted by molar-refractivity contribution is 0.276. The molecule has 0 aliphatic carbocycles. The Labute approximate surface area is 89.2 Å². The second kappa shape index (κ2) is 5.39. The van der Waals surface area contributed by atoms with Crippen LogP contribution in [0.2, 0.25) is 0 Å². The third-order valence-corrected chi connectivity index (χ3v) is 2.39. The average Bonchev–Trinajstić information content (AvgIpc) is 2.21. The van der Waals surface area contributed by atoms with Gasteiger partial charge in [0.15, 0.2) is 0 Å². The highest BCUT2D eigenvalue weighted by Gasteiger charge is 2.11. The minimum Gasteiger partial charge on any atom is -0.396 e. The zero-order chi connectivity index (χ0) is 11.3. The molecule has 4 nitrogen and oxygen atoms in total. The van der Waals surface area contributed by atoms with Crippen molar-refractivity contribution in [1.82, 2.24) is 0 Å². The zero-order valence-electron chi connectivity index (χ0n) is 9.01. The van der Waals surface area contributed by atoms with Crippen LogP contribution in [0.15, 0.2) is 23.3 Å². The molecule has 1 aromatic rings. The number of benzene rings is 1. The molecule has 0 saturated carbocycles. The van der Waals surface area contributed by atoms with Gasteiger partial charge in [-0.2, -0.15) is 0 Å². The fourth-order valence-corrected chi connectivity index (χ4v) is 1.58. The van der Waals surface area contributed by atoms with Gasteiger partial charge in [-0.05, 0) is 36.9 Å². The lowest BCUT2D eigenvalue weighted by Crippen LogP contribution is -2.00. The first-order valence-corrected chi connectivity index (χ1v) is 4.91. The second-order valence-electron chi connectivity index (χ2n) is 3.59. The highest BCUT2D eigenvalue weighted by molar-refractivity contribution is 5.33. The van der Waals surface area contributed by atoms with E-state index in [1.54, 1.807) is 0 Å². The molecule has 0 aliphatic rings. The number of aliphatic hydroxyl groups is 1. The van der Waals surface area contributed by atoms with Crippen LogP contribution in [0.5, 0.6) is 0 Å². The second-order valence-corrected chi connectivity index (χ2v) is 3.59. The largest absolute Gasteiger partial charge is 0.396 e. The molecule has 1 atom stereocenters. The summed E-state index contributed by atoms with van der Waals surface area (Å²) >= 11 is 0. The van der Waals surface area contributed by atoms with Crippen LogP contribution < -0.4 is 0 Å². The first-order chi connectivity index (χ1) is 7.19. The molecule has 0 spiro atoms. The summed E-state index contributed by atoms with van der Waals surface area (Å²) in [7, 11) is 0. The monoisotopic (exact) mass is 205 g/mol. The Kier molecular flexibility index (Phi) is 4.16. The molecule has 0 amide bonds. The number of aryl methyl sites for hydroxylation is 2. The predicted octanol–water partition coefficient (Wildman–Crippen LogP) is 3.04. The average molecular weight is 205 g/mol. The van der Waals surface area contributed by atoms with Gasteiger partial charge >= 0.3 is 0 Å². The van der Waals surface area contributed by atoms with Crippen molar-refractivity contribution in [2.75, 3.05) is 6.61 Å². The van der Waals surface area contributed by atoms with E-state index in [9.17, 15) is 0 Å². The summed E-state index contributed by atoms with van der Waals surface area (Å²) in [6.07, 6.45) is 0.467. The van der Waals surface area contributed by atoms with Crippen LogP contribution in [0.4, 0.5) is 0 Å². The lowest BCUT2D eigenvalue weighted by Gasteiger charge is -2.13. The van der Waals surface area contributed by atoms with Crippen molar-refractivity contribution in [2.24, 2.45) is 5.11 Å². The highest BCUT2D eigenvalue weighted by Crippen LogP contribution is 2.25. The van der Waals surface area contributed by atoms with E-state index in [-0.39, 0.29) is 12.6 Å². The number of rotatable bonds is 4.